The first-order valence-corrected chi connectivity index (χ1v) is 9.03. The highest BCUT2D eigenvalue weighted by Gasteiger charge is 2.15. The number of amides is 1. The molecule has 7 heteroatoms. The van der Waals surface area contributed by atoms with E-state index >= 15 is 0 Å². The zero-order chi connectivity index (χ0) is 18.2. The molecule has 5 nitrogen and oxygen atoms in total. The molecule has 0 bridgehead atoms. The normalized spacial score (nSPS) is 10.2. The van der Waals surface area contributed by atoms with Crippen molar-refractivity contribution in [3.05, 3.63) is 52.5 Å². The van der Waals surface area contributed by atoms with E-state index in [1.54, 1.807) is 30.3 Å². The molecule has 0 spiro atoms. The molecule has 0 unspecified atom stereocenters. The van der Waals surface area contributed by atoms with E-state index in [0.717, 1.165) is 17.3 Å². The first kappa shape index (κ1) is 19.2. The highest BCUT2D eigenvalue weighted by atomic mass is 79.9. The molecule has 132 valence electrons. The standard InChI is InChI=1S/C18H19BrN2O3S/c1-2-3-9-24-16-8-7-12(19)10-15(16)17(23)21-18(25)20-13-5-4-6-14(22)11-13/h4-8,10-11,22H,2-3,9H2,1H3,(H2,20,21,23,25). The van der Waals surface area contributed by atoms with Crippen molar-refractivity contribution in [3.8, 4) is 11.5 Å². The molecule has 0 radical (unpaired) electrons. The van der Waals surface area contributed by atoms with Crippen molar-refractivity contribution in [2.24, 2.45) is 0 Å². The Balaban J connectivity index is 2.06. The minimum Gasteiger partial charge on any atom is -0.508 e. The fourth-order valence-corrected chi connectivity index (χ4v) is 2.62. The van der Waals surface area contributed by atoms with Gasteiger partial charge in [-0.15, -0.1) is 0 Å². The lowest BCUT2D eigenvalue weighted by molar-refractivity contribution is 0.0973. The molecule has 3 N–H and O–H groups in total. The van der Waals surface area contributed by atoms with Gasteiger partial charge in [-0.3, -0.25) is 10.1 Å². The van der Waals surface area contributed by atoms with Gasteiger partial charge in [-0.25, -0.2) is 0 Å². The Morgan fingerprint density at radius 3 is 2.80 bits per heavy atom. The molecule has 2 aromatic carbocycles. The van der Waals surface area contributed by atoms with E-state index in [-0.39, 0.29) is 16.8 Å². The van der Waals surface area contributed by atoms with Crippen LogP contribution in [0.1, 0.15) is 30.1 Å². The van der Waals surface area contributed by atoms with E-state index in [0.29, 0.717) is 23.6 Å². The van der Waals surface area contributed by atoms with Crippen molar-refractivity contribution in [2.45, 2.75) is 19.8 Å². The number of halogens is 1. The predicted octanol–water partition coefficient (Wildman–Crippen LogP) is 4.46. The third-order valence-corrected chi connectivity index (χ3v) is 3.97. The van der Waals surface area contributed by atoms with Crippen LogP contribution in [-0.2, 0) is 0 Å². The average Bonchev–Trinajstić information content (AvgIpc) is 2.56. The second-order valence-electron chi connectivity index (χ2n) is 5.30. The lowest BCUT2D eigenvalue weighted by atomic mass is 10.2. The van der Waals surface area contributed by atoms with Gasteiger partial charge in [0, 0.05) is 16.2 Å². The molecule has 0 aliphatic heterocycles. The summed E-state index contributed by atoms with van der Waals surface area (Å²) >= 11 is 8.52. The van der Waals surface area contributed by atoms with Crippen molar-refractivity contribution in [3.63, 3.8) is 0 Å². The Labute approximate surface area is 160 Å². The lowest BCUT2D eigenvalue weighted by Crippen LogP contribution is -2.34. The molecular weight excluding hydrogens is 404 g/mol. The number of aromatic hydroxyl groups is 1. The summed E-state index contributed by atoms with van der Waals surface area (Å²) in [7, 11) is 0. The molecule has 0 atom stereocenters. The van der Waals surface area contributed by atoms with E-state index < -0.39 is 0 Å². The van der Waals surface area contributed by atoms with E-state index in [2.05, 4.69) is 33.5 Å². The van der Waals surface area contributed by atoms with Crippen LogP contribution in [0.5, 0.6) is 11.5 Å². The van der Waals surface area contributed by atoms with Gasteiger partial charge in [0.15, 0.2) is 5.11 Å². The minimum absolute atomic E-state index is 0.109. The summed E-state index contributed by atoms with van der Waals surface area (Å²) in [5.74, 6) is 0.248. The van der Waals surface area contributed by atoms with Crippen LogP contribution >= 0.6 is 28.1 Å². The van der Waals surface area contributed by atoms with Gasteiger partial charge in [0.1, 0.15) is 11.5 Å². The molecule has 2 aromatic rings. The van der Waals surface area contributed by atoms with Crippen LogP contribution in [0.2, 0.25) is 0 Å². The van der Waals surface area contributed by atoms with E-state index in [9.17, 15) is 9.90 Å². The number of thiocarbonyl (C=S) groups is 1. The highest BCUT2D eigenvalue weighted by molar-refractivity contribution is 9.10. The molecule has 0 heterocycles. The summed E-state index contributed by atoms with van der Waals surface area (Å²) in [5, 5.41) is 15.1. The Morgan fingerprint density at radius 1 is 1.28 bits per heavy atom. The number of anilines is 1. The van der Waals surface area contributed by atoms with Gasteiger partial charge < -0.3 is 15.2 Å². The van der Waals surface area contributed by atoms with Crippen LogP contribution < -0.4 is 15.4 Å². The number of carbonyl (C=O) groups excluding carboxylic acids is 1. The number of nitrogens with one attached hydrogen (secondary N) is 2. The summed E-state index contributed by atoms with van der Waals surface area (Å²) in [6.07, 6.45) is 1.92. The summed E-state index contributed by atoms with van der Waals surface area (Å²) in [6.45, 7) is 2.62. The molecule has 0 saturated carbocycles. The van der Waals surface area contributed by atoms with Crippen LogP contribution in [0.15, 0.2) is 46.9 Å². The first-order valence-electron chi connectivity index (χ1n) is 7.83. The second kappa shape index (κ2) is 9.39. The first-order chi connectivity index (χ1) is 12.0. The number of benzene rings is 2. The number of ether oxygens (including phenoxy) is 1. The van der Waals surface area contributed by atoms with Crippen LogP contribution in [0.25, 0.3) is 0 Å². The van der Waals surface area contributed by atoms with E-state index in [4.69, 9.17) is 17.0 Å². The lowest BCUT2D eigenvalue weighted by Gasteiger charge is -2.13. The van der Waals surface area contributed by atoms with E-state index in [1.807, 2.05) is 6.07 Å². The number of phenolic OH excluding ortho intramolecular Hbond substituents is 1. The third-order valence-electron chi connectivity index (χ3n) is 3.27. The molecule has 0 fully saturated rings. The monoisotopic (exact) mass is 422 g/mol. The fraction of sp³-hybridized carbons (Fsp3) is 0.222. The van der Waals surface area contributed by atoms with Crippen molar-refractivity contribution < 1.29 is 14.6 Å². The molecule has 0 saturated heterocycles. The molecule has 0 aliphatic rings. The topological polar surface area (TPSA) is 70.6 Å². The van der Waals surface area contributed by atoms with Gasteiger partial charge in [0.25, 0.3) is 5.91 Å². The summed E-state index contributed by atoms with van der Waals surface area (Å²) in [5.41, 5.74) is 0.976. The van der Waals surface area contributed by atoms with Gasteiger partial charge in [-0.2, -0.15) is 0 Å². The van der Waals surface area contributed by atoms with Crippen LogP contribution in [0.4, 0.5) is 5.69 Å². The number of phenols is 1. The van der Waals surface area contributed by atoms with Crippen LogP contribution in [-0.4, -0.2) is 22.7 Å². The Morgan fingerprint density at radius 2 is 2.08 bits per heavy atom. The van der Waals surface area contributed by atoms with Crippen LogP contribution in [0.3, 0.4) is 0 Å². The molecule has 25 heavy (non-hydrogen) atoms. The molecule has 0 aromatic heterocycles. The smallest absolute Gasteiger partial charge is 0.261 e. The van der Waals surface area contributed by atoms with Crippen LogP contribution in [0, 0.1) is 0 Å². The number of hydrogen-bond donors (Lipinski definition) is 3. The number of hydrogen-bond acceptors (Lipinski definition) is 4. The maximum Gasteiger partial charge on any atom is 0.261 e. The summed E-state index contributed by atoms with van der Waals surface area (Å²) in [6, 6.07) is 11.7. The SMILES string of the molecule is CCCCOc1ccc(Br)cc1C(=O)NC(=S)Nc1cccc(O)c1. The number of rotatable bonds is 6. The second-order valence-corrected chi connectivity index (χ2v) is 6.62. The van der Waals surface area contributed by atoms with E-state index in [1.165, 1.54) is 6.07 Å². The number of unbranched alkanes of at least 4 members (excludes halogenated alkanes) is 1. The Hall–Kier alpha value is -2.12. The average molecular weight is 423 g/mol. The van der Waals surface area contributed by atoms with Gasteiger partial charge in [-0.05, 0) is 49.0 Å². The maximum atomic E-state index is 12.5. The predicted molar refractivity (Wildman–Crippen MR) is 106 cm³/mol. The zero-order valence-corrected chi connectivity index (χ0v) is 16.1. The van der Waals surface area contributed by atoms with Gasteiger partial charge >= 0.3 is 0 Å². The molecule has 2 rings (SSSR count). The van der Waals surface area contributed by atoms with Crippen molar-refractivity contribution in [1.29, 1.82) is 0 Å². The van der Waals surface area contributed by atoms with Crippen molar-refractivity contribution in [1.82, 2.24) is 5.32 Å². The number of carbonyl (C=O) groups is 1. The minimum atomic E-state index is -0.370. The fourth-order valence-electron chi connectivity index (χ4n) is 2.05. The maximum absolute atomic E-state index is 12.5. The van der Waals surface area contributed by atoms with Crippen molar-refractivity contribution in [2.75, 3.05) is 11.9 Å². The Bertz CT molecular complexity index is 768. The van der Waals surface area contributed by atoms with Gasteiger partial charge in [0.2, 0.25) is 0 Å². The highest BCUT2D eigenvalue weighted by Crippen LogP contribution is 2.23. The molecular formula is C18H19BrN2O3S. The quantitative estimate of drug-likeness (QED) is 0.473. The van der Waals surface area contributed by atoms with Gasteiger partial charge in [0.05, 0.1) is 12.2 Å². The largest absolute Gasteiger partial charge is 0.508 e. The van der Waals surface area contributed by atoms with Gasteiger partial charge in [-0.1, -0.05) is 35.3 Å². The summed E-state index contributed by atoms with van der Waals surface area (Å²) < 4.78 is 6.46. The third kappa shape index (κ3) is 6.03. The zero-order valence-electron chi connectivity index (χ0n) is 13.7. The van der Waals surface area contributed by atoms with Crippen molar-refractivity contribution >= 4 is 44.9 Å². The molecule has 1 amide bonds. The Kier molecular flexibility index (Phi) is 7.21. The summed E-state index contributed by atoms with van der Waals surface area (Å²) in [4.78, 5) is 12.5. The molecule has 0 aliphatic carbocycles.